The van der Waals surface area contributed by atoms with Crippen LogP contribution in [-0.2, 0) is 24.8 Å². The van der Waals surface area contributed by atoms with Gasteiger partial charge < -0.3 is 10.1 Å². The SMILES string of the molecule is CS(=O)(=O)N1C[C@H](C(=O)Nc2ccc(S(=O)(=O)Nc3ccc(Cl)cc3Cl)cc2)Oc2ccc(Cl)cc21. The molecule has 1 aliphatic heterocycles. The summed E-state index contributed by atoms with van der Waals surface area (Å²) in [6.45, 7) is -0.268. The first-order valence-corrected chi connectivity index (χ1v) is 14.6. The summed E-state index contributed by atoms with van der Waals surface area (Å²) in [4.78, 5) is 12.8. The van der Waals surface area contributed by atoms with Crippen LogP contribution in [0.4, 0.5) is 17.1 Å². The molecule has 1 aliphatic rings. The molecule has 1 heterocycles. The Morgan fingerprint density at radius 3 is 2.22 bits per heavy atom. The molecule has 0 aliphatic carbocycles. The number of nitrogens with one attached hydrogen (secondary N) is 2. The average molecular weight is 591 g/mol. The predicted molar refractivity (Wildman–Crippen MR) is 140 cm³/mol. The van der Waals surface area contributed by atoms with E-state index < -0.39 is 32.1 Å². The number of hydrogen-bond donors (Lipinski definition) is 2. The number of carbonyl (C=O) groups excluding carboxylic acids is 1. The van der Waals surface area contributed by atoms with Crippen LogP contribution < -0.4 is 19.1 Å². The van der Waals surface area contributed by atoms with Gasteiger partial charge in [0.1, 0.15) is 5.75 Å². The second kappa shape index (κ2) is 9.98. The molecule has 0 aromatic heterocycles. The van der Waals surface area contributed by atoms with E-state index >= 15 is 0 Å². The topological polar surface area (TPSA) is 122 Å². The van der Waals surface area contributed by atoms with Gasteiger partial charge in [-0.3, -0.25) is 13.8 Å². The normalized spacial score (nSPS) is 15.6. The Morgan fingerprint density at radius 1 is 0.944 bits per heavy atom. The van der Waals surface area contributed by atoms with Gasteiger partial charge >= 0.3 is 0 Å². The van der Waals surface area contributed by atoms with E-state index in [-0.39, 0.29) is 39.3 Å². The Hall–Kier alpha value is -2.70. The number of hydrogen-bond acceptors (Lipinski definition) is 6. The summed E-state index contributed by atoms with van der Waals surface area (Å²) in [5.74, 6) is -0.435. The summed E-state index contributed by atoms with van der Waals surface area (Å²) in [7, 11) is -7.70. The van der Waals surface area contributed by atoms with Crippen LogP contribution in [0.5, 0.6) is 5.75 Å². The summed E-state index contributed by atoms with van der Waals surface area (Å²) in [6, 6.07) is 14.2. The highest BCUT2D eigenvalue weighted by Gasteiger charge is 2.35. The van der Waals surface area contributed by atoms with Crippen molar-refractivity contribution in [2.45, 2.75) is 11.0 Å². The third kappa shape index (κ3) is 5.81. The molecule has 2 N–H and O–H groups in total. The number of halogens is 3. The molecule has 4 rings (SSSR count). The van der Waals surface area contributed by atoms with Crippen molar-refractivity contribution in [3.63, 3.8) is 0 Å². The number of fused-ring (bicyclic) bond motifs is 1. The first kappa shape index (κ1) is 26.4. The number of carbonyl (C=O) groups is 1. The van der Waals surface area contributed by atoms with Crippen LogP contribution in [0.25, 0.3) is 0 Å². The van der Waals surface area contributed by atoms with Crippen molar-refractivity contribution < 1.29 is 26.4 Å². The maximum absolute atomic E-state index is 12.9. The predicted octanol–water partition coefficient (Wildman–Crippen LogP) is 4.61. The van der Waals surface area contributed by atoms with Crippen LogP contribution >= 0.6 is 34.8 Å². The number of benzene rings is 3. The fraction of sp³-hybridized carbons (Fsp3) is 0.136. The maximum atomic E-state index is 12.9. The number of amides is 1. The summed E-state index contributed by atoms with van der Waals surface area (Å²) in [6.07, 6.45) is -0.145. The van der Waals surface area contributed by atoms with Crippen molar-refractivity contribution in [2.75, 3.05) is 27.1 Å². The number of anilines is 3. The Labute approximate surface area is 223 Å². The highest BCUT2D eigenvalue weighted by Crippen LogP contribution is 2.37. The Kier molecular flexibility index (Phi) is 7.31. The van der Waals surface area contributed by atoms with Gasteiger partial charge in [0, 0.05) is 15.7 Å². The molecule has 0 fully saturated rings. The lowest BCUT2D eigenvalue weighted by molar-refractivity contribution is -0.122. The smallest absolute Gasteiger partial charge is 0.267 e. The van der Waals surface area contributed by atoms with Gasteiger partial charge in [-0.25, -0.2) is 16.8 Å². The average Bonchev–Trinajstić information content (AvgIpc) is 2.80. The van der Waals surface area contributed by atoms with Gasteiger partial charge in [0.2, 0.25) is 10.0 Å². The van der Waals surface area contributed by atoms with Gasteiger partial charge in [0.05, 0.1) is 34.1 Å². The second-order valence-electron chi connectivity index (χ2n) is 7.76. The standard InChI is InChI=1S/C22H18Cl3N3O6S2/c1-35(30,31)28-12-21(34-20-9-3-14(24)11-19(20)28)22(29)26-15-4-6-16(7-5-15)36(32,33)27-18-8-2-13(23)10-17(18)25/h2-11,21,27H,12H2,1H3,(H,26,29)/t21-/m1/s1. The summed E-state index contributed by atoms with van der Waals surface area (Å²) >= 11 is 17.9. The highest BCUT2D eigenvalue weighted by molar-refractivity contribution is 7.92. The van der Waals surface area contributed by atoms with Gasteiger partial charge in [0.25, 0.3) is 15.9 Å². The molecule has 0 saturated heterocycles. The molecular weight excluding hydrogens is 573 g/mol. The van der Waals surface area contributed by atoms with Crippen LogP contribution in [0.1, 0.15) is 0 Å². The number of ether oxygens (including phenoxy) is 1. The second-order valence-corrected chi connectivity index (χ2v) is 12.6. The lowest BCUT2D eigenvalue weighted by Gasteiger charge is -2.34. The summed E-state index contributed by atoms with van der Waals surface area (Å²) < 4.78 is 59.2. The number of rotatable bonds is 6. The molecule has 9 nitrogen and oxygen atoms in total. The molecule has 0 spiro atoms. The van der Waals surface area contributed by atoms with Crippen molar-refractivity contribution >= 4 is 77.8 Å². The fourth-order valence-corrected chi connectivity index (χ4v) is 6.06. The Bertz CT molecular complexity index is 1550. The van der Waals surface area contributed by atoms with Gasteiger partial charge in [-0.1, -0.05) is 34.8 Å². The molecule has 1 amide bonds. The molecule has 0 saturated carbocycles. The molecule has 0 unspecified atom stereocenters. The zero-order chi connectivity index (χ0) is 26.3. The lowest BCUT2D eigenvalue weighted by atomic mass is 10.2. The zero-order valence-electron chi connectivity index (χ0n) is 18.4. The largest absolute Gasteiger partial charge is 0.476 e. The maximum Gasteiger partial charge on any atom is 0.267 e. The van der Waals surface area contributed by atoms with Crippen LogP contribution in [0.2, 0.25) is 15.1 Å². The molecular formula is C22H18Cl3N3O6S2. The molecule has 0 bridgehead atoms. The van der Waals surface area contributed by atoms with Crippen LogP contribution in [0, 0.1) is 0 Å². The molecule has 3 aromatic carbocycles. The minimum absolute atomic E-state index is 0.0745. The van der Waals surface area contributed by atoms with Crippen molar-refractivity contribution in [1.82, 2.24) is 0 Å². The molecule has 36 heavy (non-hydrogen) atoms. The lowest BCUT2D eigenvalue weighted by Crippen LogP contribution is -2.48. The summed E-state index contributed by atoms with van der Waals surface area (Å²) in [5, 5.41) is 3.42. The Morgan fingerprint density at radius 2 is 1.58 bits per heavy atom. The third-order valence-corrected chi connectivity index (χ3v) is 8.40. The first-order valence-electron chi connectivity index (χ1n) is 10.2. The van der Waals surface area contributed by atoms with Crippen molar-refractivity contribution in [1.29, 1.82) is 0 Å². The molecule has 1 atom stereocenters. The van der Waals surface area contributed by atoms with Crippen molar-refractivity contribution in [2.24, 2.45) is 0 Å². The van der Waals surface area contributed by atoms with Gasteiger partial charge in [-0.05, 0) is 60.7 Å². The minimum atomic E-state index is -3.97. The molecule has 190 valence electrons. The monoisotopic (exact) mass is 589 g/mol. The van der Waals surface area contributed by atoms with Crippen LogP contribution in [0.3, 0.4) is 0 Å². The van der Waals surface area contributed by atoms with E-state index in [1.54, 1.807) is 0 Å². The quantitative estimate of drug-likeness (QED) is 0.432. The van der Waals surface area contributed by atoms with Crippen LogP contribution in [-0.4, -0.2) is 41.6 Å². The summed E-state index contributed by atoms with van der Waals surface area (Å²) in [5.41, 5.74) is 0.668. The van der Waals surface area contributed by atoms with Gasteiger partial charge in [0.15, 0.2) is 6.10 Å². The minimum Gasteiger partial charge on any atom is -0.476 e. The van der Waals surface area contributed by atoms with Gasteiger partial charge in [-0.2, -0.15) is 0 Å². The van der Waals surface area contributed by atoms with E-state index in [0.717, 1.165) is 10.6 Å². The molecule has 14 heteroatoms. The molecule has 0 radical (unpaired) electrons. The van der Waals surface area contributed by atoms with E-state index in [1.807, 2.05) is 0 Å². The van der Waals surface area contributed by atoms with E-state index in [4.69, 9.17) is 39.5 Å². The molecule has 3 aromatic rings. The Balaban J connectivity index is 1.49. The highest BCUT2D eigenvalue weighted by atomic mass is 35.5. The van der Waals surface area contributed by atoms with E-state index in [1.165, 1.54) is 60.7 Å². The first-order chi connectivity index (χ1) is 16.8. The third-order valence-electron chi connectivity index (χ3n) is 5.09. The zero-order valence-corrected chi connectivity index (χ0v) is 22.3. The van der Waals surface area contributed by atoms with Gasteiger partial charge in [-0.15, -0.1) is 0 Å². The van der Waals surface area contributed by atoms with E-state index in [9.17, 15) is 21.6 Å². The van der Waals surface area contributed by atoms with E-state index in [2.05, 4.69) is 10.0 Å². The van der Waals surface area contributed by atoms with Crippen molar-refractivity contribution in [3.8, 4) is 5.75 Å². The fourth-order valence-electron chi connectivity index (χ4n) is 3.39. The van der Waals surface area contributed by atoms with Crippen LogP contribution in [0.15, 0.2) is 65.6 Å². The number of sulfonamides is 2. The van der Waals surface area contributed by atoms with Crippen molar-refractivity contribution in [3.05, 3.63) is 75.7 Å². The number of nitrogens with zero attached hydrogens (tertiary/aromatic N) is 1. The van der Waals surface area contributed by atoms with E-state index in [0.29, 0.717) is 10.0 Å².